The lowest BCUT2D eigenvalue weighted by molar-refractivity contribution is -0.139. The number of carbonyl (C=O) groups excluding carboxylic acids is 2. The molecule has 0 bridgehead atoms. The standard InChI is InChI=1S/C13H23N3O3/c1-11(17)15-5-7-16(8-6-15)13(19)10-14-4-2-3-12(18)9-14/h12,18H,2-10H2,1H3/t12-/m0/s1. The van der Waals surface area contributed by atoms with Gasteiger partial charge < -0.3 is 14.9 Å². The van der Waals surface area contributed by atoms with E-state index in [-0.39, 0.29) is 17.9 Å². The van der Waals surface area contributed by atoms with Crippen molar-refractivity contribution in [3.63, 3.8) is 0 Å². The van der Waals surface area contributed by atoms with Gasteiger partial charge in [-0.1, -0.05) is 0 Å². The summed E-state index contributed by atoms with van der Waals surface area (Å²) < 4.78 is 0. The van der Waals surface area contributed by atoms with Gasteiger partial charge in [0.1, 0.15) is 0 Å². The third kappa shape index (κ3) is 3.91. The summed E-state index contributed by atoms with van der Waals surface area (Å²) in [7, 11) is 0. The molecule has 1 atom stereocenters. The average Bonchev–Trinajstić information content (AvgIpc) is 2.39. The molecule has 2 heterocycles. The van der Waals surface area contributed by atoms with Gasteiger partial charge in [-0.2, -0.15) is 0 Å². The summed E-state index contributed by atoms with van der Waals surface area (Å²) in [4.78, 5) is 29.0. The van der Waals surface area contributed by atoms with Crippen LogP contribution < -0.4 is 0 Å². The van der Waals surface area contributed by atoms with Crippen LogP contribution >= 0.6 is 0 Å². The van der Waals surface area contributed by atoms with Gasteiger partial charge in [0.2, 0.25) is 11.8 Å². The number of piperidine rings is 1. The largest absolute Gasteiger partial charge is 0.392 e. The Kier molecular flexibility index (Phi) is 4.76. The second-order valence-corrected chi connectivity index (χ2v) is 5.42. The zero-order valence-electron chi connectivity index (χ0n) is 11.5. The molecule has 108 valence electrons. The third-order valence-electron chi connectivity index (χ3n) is 3.92. The van der Waals surface area contributed by atoms with Crippen LogP contribution in [0.5, 0.6) is 0 Å². The number of likely N-dealkylation sites (tertiary alicyclic amines) is 1. The van der Waals surface area contributed by atoms with Crippen LogP contribution in [0.4, 0.5) is 0 Å². The first-order valence-electron chi connectivity index (χ1n) is 7.00. The fraction of sp³-hybridized carbons (Fsp3) is 0.846. The van der Waals surface area contributed by atoms with Crippen LogP contribution in [0.15, 0.2) is 0 Å². The normalized spacial score (nSPS) is 25.5. The Morgan fingerprint density at radius 3 is 2.32 bits per heavy atom. The van der Waals surface area contributed by atoms with Crippen LogP contribution in [-0.4, -0.2) is 83.5 Å². The van der Waals surface area contributed by atoms with Crippen molar-refractivity contribution < 1.29 is 14.7 Å². The fourth-order valence-electron chi connectivity index (χ4n) is 2.74. The first kappa shape index (κ1) is 14.3. The number of hydrogen-bond acceptors (Lipinski definition) is 4. The van der Waals surface area contributed by atoms with E-state index in [1.54, 1.807) is 11.8 Å². The quantitative estimate of drug-likeness (QED) is 0.708. The Labute approximate surface area is 114 Å². The molecule has 0 spiro atoms. The van der Waals surface area contributed by atoms with Crippen LogP contribution in [0.25, 0.3) is 0 Å². The van der Waals surface area contributed by atoms with Gasteiger partial charge in [0.25, 0.3) is 0 Å². The Bertz CT molecular complexity index is 340. The maximum atomic E-state index is 12.1. The van der Waals surface area contributed by atoms with E-state index in [1.807, 2.05) is 9.80 Å². The van der Waals surface area contributed by atoms with Gasteiger partial charge in [-0.25, -0.2) is 0 Å². The zero-order valence-corrected chi connectivity index (χ0v) is 11.5. The highest BCUT2D eigenvalue weighted by atomic mass is 16.3. The molecule has 0 aromatic rings. The summed E-state index contributed by atoms with van der Waals surface area (Å²) in [5.74, 6) is 0.184. The van der Waals surface area contributed by atoms with Gasteiger partial charge in [-0.15, -0.1) is 0 Å². The monoisotopic (exact) mass is 269 g/mol. The van der Waals surface area contributed by atoms with Crippen molar-refractivity contribution in [1.29, 1.82) is 0 Å². The number of aliphatic hydroxyl groups is 1. The molecule has 0 saturated carbocycles. The van der Waals surface area contributed by atoms with Crippen LogP contribution in [0.1, 0.15) is 19.8 Å². The number of amides is 2. The molecule has 2 amide bonds. The number of rotatable bonds is 2. The number of carbonyl (C=O) groups is 2. The lowest BCUT2D eigenvalue weighted by Gasteiger charge is -2.36. The fourth-order valence-corrected chi connectivity index (χ4v) is 2.74. The molecule has 6 nitrogen and oxygen atoms in total. The third-order valence-corrected chi connectivity index (χ3v) is 3.92. The van der Waals surface area contributed by atoms with Gasteiger partial charge in [-0.3, -0.25) is 14.5 Å². The van der Waals surface area contributed by atoms with Crippen molar-refractivity contribution >= 4 is 11.8 Å². The molecule has 19 heavy (non-hydrogen) atoms. The lowest BCUT2D eigenvalue weighted by atomic mass is 10.1. The Morgan fingerprint density at radius 1 is 1.11 bits per heavy atom. The van der Waals surface area contributed by atoms with E-state index in [2.05, 4.69) is 0 Å². The van der Waals surface area contributed by atoms with E-state index < -0.39 is 0 Å². The van der Waals surface area contributed by atoms with E-state index >= 15 is 0 Å². The van der Waals surface area contributed by atoms with E-state index in [0.717, 1.165) is 19.4 Å². The maximum absolute atomic E-state index is 12.1. The van der Waals surface area contributed by atoms with Gasteiger partial charge >= 0.3 is 0 Å². The van der Waals surface area contributed by atoms with Crippen LogP contribution in [0.2, 0.25) is 0 Å². The van der Waals surface area contributed by atoms with Crippen LogP contribution in [-0.2, 0) is 9.59 Å². The molecule has 0 aromatic heterocycles. The highest BCUT2D eigenvalue weighted by molar-refractivity contribution is 5.79. The zero-order chi connectivity index (χ0) is 13.8. The lowest BCUT2D eigenvalue weighted by Crippen LogP contribution is -2.53. The predicted molar refractivity (Wildman–Crippen MR) is 70.5 cm³/mol. The Morgan fingerprint density at radius 2 is 1.74 bits per heavy atom. The average molecular weight is 269 g/mol. The molecule has 0 radical (unpaired) electrons. The SMILES string of the molecule is CC(=O)N1CCN(C(=O)CN2CCC[C@H](O)C2)CC1. The highest BCUT2D eigenvalue weighted by Crippen LogP contribution is 2.10. The number of piperazine rings is 1. The predicted octanol–water partition coefficient (Wildman–Crippen LogP) is -0.866. The summed E-state index contributed by atoms with van der Waals surface area (Å²) in [5, 5.41) is 9.59. The molecule has 2 saturated heterocycles. The number of aliphatic hydroxyl groups excluding tert-OH is 1. The Balaban J connectivity index is 1.76. The minimum Gasteiger partial charge on any atom is -0.392 e. The summed E-state index contributed by atoms with van der Waals surface area (Å²) in [6, 6.07) is 0. The molecule has 1 N–H and O–H groups in total. The van der Waals surface area contributed by atoms with Gasteiger partial charge in [0.15, 0.2) is 0 Å². The molecular weight excluding hydrogens is 246 g/mol. The molecular formula is C13H23N3O3. The van der Waals surface area contributed by atoms with Crippen molar-refractivity contribution in [3.05, 3.63) is 0 Å². The minimum atomic E-state index is -0.295. The van der Waals surface area contributed by atoms with Crippen LogP contribution in [0, 0.1) is 0 Å². The van der Waals surface area contributed by atoms with Crippen LogP contribution in [0.3, 0.4) is 0 Å². The van der Waals surface area contributed by atoms with E-state index in [0.29, 0.717) is 39.3 Å². The summed E-state index contributed by atoms with van der Waals surface area (Å²) in [6.07, 6.45) is 1.49. The molecule has 0 aliphatic carbocycles. The topological polar surface area (TPSA) is 64.1 Å². The molecule has 0 aromatic carbocycles. The van der Waals surface area contributed by atoms with Gasteiger partial charge in [-0.05, 0) is 19.4 Å². The molecule has 2 fully saturated rings. The van der Waals surface area contributed by atoms with Gasteiger partial charge in [0.05, 0.1) is 12.6 Å². The summed E-state index contributed by atoms with van der Waals surface area (Å²) >= 11 is 0. The summed E-state index contributed by atoms with van der Waals surface area (Å²) in [5.41, 5.74) is 0. The molecule has 2 rings (SSSR count). The van der Waals surface area contributed by atoms with Crippen molar-refractivity contribution in [2.75, 3.05) is 45.8 Å². The molecule has 6 heteroatoms. The van der Waals surface area contributed by atoms with E-state index in [9.17, 15) is 14.7 Å². The van der Waals surface area contributed by atoms with E-state index in [4.69, 9.17) is 0 Å². The number of β-amino-alcohol motifs (C(OH)–C–C–N with tert-alkyl or cyclic N) is 1. The van der Waals surface area contributed by atoms with E-state index in [1.165, 1.54) is 0 Å². The molecule has 0 unspecified atom stereocenters. The Hall–Kier alpha value is -1.14. The highest BCUT2D eigenvalue weighted by Gasteiger charge is 2.25. The van der Waals surface area contributed by atoms with Crippen molar-refractivity contribution in [3.8, 4) is 0 Å². The maximum Gasteiger partial charge on any atom is 0.236 e. The smallest absolute Gasteiger partial charge is 0.236 e. The van der Waals surface area contributed by atoms with Crippen molar-refractivity contribution in [2.24, 2.45) is 0 Å². The summed E-state index contributed by atoms with van der Waals surface area (Å²) in [6.45, 7) is 5.93. The minimum absolute atomic E-state index is 0.0752. The number of nitrogens with zero attached hydrogens (tertiary/aromatic N) is 3. The van der Waals surface area contributed by atoms with Gasteiger partial charge in [0, 0.05) is 39.6 Å². The van der Waals surface area contributed by atoms with Crippen molar-refractivity contribution in [1.82, 2.24) is 14.7 Å². The first-order chi connectivity index (χ1) is 9.06. The number of hydrogen-bond donors (Lipinski definition) is 1. The first-order valence-corrected chi connectivity index (χ1v) is 7.00. The second kappa shape index (κ2) is 6.34. The molecule has 2 aliphatic heterocycles. The second-order valence-electron chi connectivity index (χ2n) is 5.42. The molecule has 2 aliphatic rings. The van der Waals surface area contributed by atoms with Crippen molar-refractivity contribution in [2.45, 2.75) is 25.9 Å².